The summed E-state index contributed by atoms with van der Waals surface area (Å²) >= 11 is 0. The summed E-state index contributed by atoms with van der Waals surface area (Å²) in [4.78, 5) is 19.8. The van der Waals surface area contributed by atoms with E-state index in [1.165, 1.54) is 0 Å². The van der Waals surface area contributed by atoms with E-state index in [0.717, 1.165) is 66.4 Å². The molecule has 9 rings (SSSR count). The molecule has 6 aromatic carbocycles. The zero-order chi connectivity index (χ0) is 30.5. The average Bonchev–Trinajstić information content (AvgIpc) is 3.74. The predicted molar refractivity (Wildman–Crippen MR) is 182 cm³/mol. The van der Waals surface area contributed by atoms with Crippen LogP contribution in [0.4, 0.5) is 0 Å². The van der Waals surface area contributed by atoms with Gasteiger partial charge in [-0.25, -0.2) is 19.9 Å². The Morgan fingerprint density at radius 3 is 1.85 bits per heavy atom. The van der Waals surface area contributed by atoms with Gasteiger partial charge in [0.2, 0.25) is 5.89 Å². The van der Waals surface area contributed by atoms with E-state index in [4.69, 9.17) is 28.8 Å². The molecule has 0 aliphatic heterocycles. The molecule has 0 aliphatic rings. The fourth-order valence-electron chi connectivity index (χ4n) is 5.95. The van der Waals surface area contributed by atoms with Crippen molar-refractivity contribution >= 4 is 33.0 Å². The van der Waals surface area contributed by atoms with Crippen molar-refractivity contribution in [3.8, 4) is 56.7 Å². The Kier molecular flexibility index (Phi) is 6.03. The molecule has 0 unspecified atom stereocenters. The van der Waals surface area contributed by atoms with Gasteiger partial charge in [0.1, 0.15) is 16.7 Å². The van der Waals surface area contributed by atoms with Gasteiger partial charge in [0.15, 0.2) is 23.1 Å². The van der Waals surface area contributed by atoms with Crippen molar-refractivity contribution in [2.75, 3.05) is 0 Å². The number of hydrogen-bond acceptors (Lipinski definition) is 6. The maximum Gasteiger partial charge on any atom is 0.227 e. The molecule has 9 aromatic rings. The van der Waals surface area contributed by atoms with E-state index < -0.39 is 0 Å². The van der Waals surface area contributed by atoms with Crippen LogP contribution in [0.3, 0.4) is 0 Å². The van der Waals surface area contributed by atoms with Crippen LogP contribution < -0.4 is 0 Å². The third-order valence-electron chi connectivity index (χ3n) is 8.17. The molecular weight excluding hydrogens is 568 g/mol. The quantitative estimate of drug-likeness (QED) is 0.198. The number of rotatable bonds is 5. The van der Waals surface area contributed by atoms with Gasteiger partial charge in [-0.1, -0.05) is 103 Å². The number of fused-ring (bicyclic) bond motifs is 4. The number of hydrogen-bond donors (Lipinski definition) is 0. The molecule has 0 atom stereocenters. The zero-order valence-corrected chi connectivity index (χ0v) is 24.5. The molecule has 0 saturated heterocycles. The van der Waals surface area contributed by atoms with Crippen molar-refractivity contribution in [1.82, 2.24) is 19.9 Å². The zero-order valence-electron chi connectivity index (χ0n) is 24.5. The molecule has 46 heavy (non-hydrogen) atoms. The normalized spacial score (nSPS) is 11.5. The van der Waals surface area contributed by atoms with Crippen LogP contribution in [0.25, 0.3) is 89.8 Å². The molecule has 3 heterocycles. The number of aromatic nitrogens is 4. The summed E-state index contributed by atoms with van der Waals surface area (Å²) < 4.78 is 12.4. The number of nitrogens with zero attached hydrogens (tertiary/aromatic N) is 4. The summed E-state index contributed by atoms with van der Waals surface area (Å²) in [6.07, 6.45) is 0. The van der Waals surface area contributed by atoms with Crippen LogP contribution in [0.2, 0.25) is 0 Å². The Labute approximate surface area is 263 Å². The van der Waals surface area contributed by atoms with Gasteiger partial charge in [0, 0.05) is 33.0 Å². The van der Waals surface area contributed by atoms with E-state index in [9.17, 15) is 0 Å². The highest BCUT2D eigenvalue weighted by Crippen LogP contribution is 2.39. The molecule has 0 N–H and O–H groups in total. The Bertz CT molecular complexity index is 2500. The lowest BCUT2D eigenvalue weighted by atomic mass is 10.0. The first kappa shape index (κ1) is 26.0. The summed E-state index contributed by atoms with van der Waals surface area (Å²) in [6.45, 7) is 0. The van der Waals surface area contributed by atoms with Crippen molar-refractivity contribution in [2.45, 2.75) is 0 Å². The van der Waals surface area contributed by atoms with E-state index in [-0.39, 0.29) is 0 Å². The average molecular weight is 593 g/mol. The monoisotopic (exact) mass is 592 g/mol. The first-order chi connectivity index (χ1) is 22.8. The largest absolute Gasteiger partial charge is 0.456 e. The highest BCUT2D eigenvalue weighted by atomic mass is 16.3. The smallest absolute Gasteiger partial charge is 0.227 e. The van der Waals surface area contributed by atoms with Crippen LogP contribution in [0.1, 0.15) is 0 Å². The van der Waals surface area contributed by atoms with Crippen LogP contribution in [0.15, 0.2) is 154 Å². The Balaban J connectivity index is 1.25. The first-order valence-corrected chi connectivity index (χ1v) is 15.1. The van der Waals surface area contributed by atoms with Gasteiger partial charge in [0.25, 0.3) is 0 Å². The van der Waals surface area contributed by atoms with E-state index in [0.29, 0.717) is 23.4 Å². The SMILES string of the molecule is c1ccc(-c2cccc(-c3nc(-c4ccccc4)nc(-c4cccc5oc6ccc(-c7nc8ccccc8o7)cc6c45)n3)c2)cc1. The minimum absolute atomic E-state index is 0.557. The van der Waals surface area contributed by atoms with Crippen molar-refractivity contribution in [3.05, 3.63) is 146 Å². The maximum absolute atomic E-state index is 6.34. The summed E-state index contributed by atoms with van der Waals surface area (Å²) in [6, 6.07) is 48.4. The van der Waals surface area contributed by atoms with E-state index in [1.807, 2.05) is 115 Å². The van der Waals surface area contributed by atoms with E-state index in [2.05, 4.69) is 30.3 Å². The molecule has 0 saturated carbocycles. The third kappa shape index (κ3) is 4.52. The van der Waals surface area contributed by atoms with Crippen LogP contribution in [0.5, 0.6) is 0 Å². The summed E-state index contributed by atoms with van der Waals surface area (Å²) in [7, 11) is 0. The van der Waals surface area contributed by atoms with Crippen LogP contribution in [0, 0.1) is 0 Å². The molecule has 0 fully saturated rings. The van der Waals surface area contributed by atoms with Gasteiger partial charge in [-0.05, 0) is 53.6 Å². The second-order valence-electron chi connectivity index (χ2n) is 11.1. The van der Waals surface area contributed by atoms with Crippen LogP contribution >= 0.6 is 0 Å². The molecule has 0 radical (unpaired) electrons. The van der Waals surface area contributed by atoms with Gasteiger partial charge in [-0.3, -0.25) is 0 Å². The van der Waals surface area contributed by atoms with Crippen LogP contribution in [-0.4, -0.2) is 19.9 Å². The first-order valence-electron chi connectivity index (χ1n) is 15.1. The molecule has 0 aliphatic carbocycles. The summed E-state index contributed by atoms with van der Waals surface area (Å²) in [5.74, 6) is 2.32. The maximum atomic E-state index is 6.34. The minimum Gasteiger partial charge on any atom is -0.456 e. The van der Waals surface area contributed by atoms with Crippen molar-refractivity contribution < 1.29 is 8.83 Å². The van der Waals surface area contributed by atoms with Gasteiger partial charge in [-0.2, -0.15) is 0 Å². The number of furan rings is 1. The van der Waals surface area contributed by atoms with Gasteiger partial charge >= 0.3 is 0 Å². The van der Waals surface area contributed by atoms with Crippen LogP contribution in [-0.2, 0) is 0 Å². The molecule has 3 aromatic heterocycles. The van der Waals surface area contributed by atoms with E-state index in [1.54, 1.807) is 0 Å². The third-order valence-corrected chi connectivity index (χ3v) is 8.17. The van der Waals surface area contributed by atoms with Crippen molar-refractivity contribution in [1.29, 1.82) is 0 Å². The van der Waals surface area contributed by atoms with Crippen molar-refractivity contribution in [3.63, 3.8) is 0 Å². The van der Waals surface area contributed by atoms with Gasteiger partial charge < -0.3 is 8.83 Å². The summed E-state index contributed by atoms with van der Waals surface area (Å²) in [5.41, 5.74) is 8.83. The number of oxazole rings is 1. The second kappa shape index (κ2) is 10.6. The van der Waals surface area contributed by atoms with Gasteiger partial charge in [-0.15, -0.1) is 0 Å². The Hall–Kier alpha value is -6.40. The lowest BCUT2D eigenvalue weighted by Gasteiger charge is -2.10. The highest BCUT2D eigenvalue weighted by Gasteiger charge is 2.19. The lowest BCUT2D eigenvalue weighted by molar-refractivity contribution is 0.620. The summed E-state index contributed by atoms with van der Waals surface area (Å²) in [5, 5.41) is 1.85. The fourth-order valence-corrected chi connectivity index (χ4v) is 5.95. The Morgan fingerprint density at radius 1 is 0.370 bits per heavy atom. The topological polar surface area (TPSA) is 77.8 Å². The number of para-hydroxylation sites is 2. The van der Waals surface area contributed by atoms with Gasteiger partial charge in [0.05, 0.1) is 0 Å². The highest BCUT2D eigenvalue weighted by molar-refractivity contribution is 6.12. The lowest BCUT2D eigenvalue weighted by Crippen LogP contribution is -2.00. The predicted octanol–water partition coefficient (Wildman–Crippen LogP) is 10.2. The van der Waals surface area contributed by atoms with Crippen molar-refractivity contribution in [2.24, 2.45) is 0 Å². The Morgan fingerprint density at radius 2 is 1.02 bits per heavy atom. The molecular formula is C40H24N4O2. The second-order valence-corrected chi connectivity index (χ2v) is 11.1. The molecule has 6 heteroatoms. The standard InChI is InChI=1S/C40H24N4O2/c1-3-11-25(12-4-1)27-15-9-16-28(23-27)38-42-37(26-13-5-2-6-14-26)43-39(44-38)30-17-10-20-35-36(30)31-24-29(21-22-33(31)45-35)40-41-32-18-7-8-19-34(32)46-40/h1-24H. The minimum atomic E-state index is 0.557. The van der Waals surface area contributed by atoms with E-state index >= 15 is 0 Å². The molecule has 216 valence electrons. The number of benzene rings is 6. The molecule has 0 amide bonds. The fraction of sp³-hybridized carbons (Fsp3) is 0. The molecule has 6 nitrogen and oxygen atoms in total. The molecule has 0 spiro atoms. The molecule has 0 bridgehead atoms.